The highest BCUT2D eigenvalue weighted by Gasteiger charge is 2.17. The highest BCUT2D eigenvalue weighted by molar-refractivity contribution is 7.16. The second kappa shape index (κ2) is 13.1. The molecular formula is C30H40N2S3. The molecule has 2 atom stereocenters. The molecule has 0 aliphatic heterocycles. The summed E-state index contributed by atoms with van der Waals surface area (Å²) in [4.78, 5) is 5.64. The topological polar surface area (TPSA) is 25.8 Å². The van der Waals surface area contributed by atoms with Crippen molar-refractivity contribution in [3.8, 4) is 20.9 Å². The first kappa shape index (κ1) is 26.5. The number of benzene rings is 1. The molecule has 2 unspecified atom stereocenters. The highest BCUT2D eigenvalue weighted by Crippen LogP contribution is 2.40. The maximum atomic E-state index is 4.75. The monoisotopic (exact) mass is 524 g/mol. The van der Waals surface area contributed by atoms with Crippen LogP contribution < -0.4 is 0 Å². The molecule has 4 aromatic rings. The summed E-state index contributed by atoms with van der Waals surface area (Å²) >= 11 is 5.22. The van der Waals surface area contributed by atoms with Crippen LogP contribution in [-0.4, -0.2) is 8.75 Å². The van der Waals surface area contributed by atoms with Crippen molar-refractivity contribution in [3.05, 3.63) is 46.2 Å². The summed E-state index contributed by atoms with van der Waals surface area (Å²) in [6, 6.07) is 13.8. The van der Waals surface area contributed by atoms with E-state index in [0.717, 1.165) is 22.9 Å². The number of hydrogen-bond donors (Lipinski definition) is 0. The molecule has 0 N–H and O–H groups in total. The first-order chi connectivity index (χ1) is 17.2. The Morgan fingerprint density at radius 2 is 1.09 bits per heavy atom. The third-order valence-corrected chi connectivity index (χ3v) is 10.1. The summed E-state index contributed by atoms with van der Waals surface area (Å²) in [5.41, 5.74) is 4.59. The fourth-order valence-electron chi connectivity index (χ4n) is 4.98. The van der Waals surface area contributed by atoms with Crippen molar-refractivity contribution in [1.82, 2.24) is 8.75 Å². The van der Waals surface area contributed by atoms with Crippen LogP contribution in [0.2, 0.25) is 0 Å². The number of aromatic nitrogens is 2. The molecule has 0 aliphatic rings. The van der Waals surface area contributed by atoms with Gasteiger partial charge in [-0.1, -0.05) is 91.2 Å². The van der Waals surface area contributed by atoms with Gasteiger partial charge in [-0.05, 0) is 48.9 Å². The van der Waals surface area contributed by atoms with Gasteiger partial charge in [0.2, 0.25) is 0 Å². The minimum atomic E-state index is 0.798. The van der Waals surface area contributed by atoms with Gasteiger partial charge in [0, 0.05) is 30.6 Å². The summed E-state index contributed by atoms with van der Waals surface area (Å²) in [7, 11) is 0. The molecule has 0 saturated heterocycles. The minimum absolute atomic E-state index is 0.798. The van der Waals surface area contributed by atoms with Gasteiger partial charge in [-0.2, -0.15) is 8.75 Å². The Morgan fingerprint density at radius 1 is 0.629 bits per heavy atom. The van der Waals surface area contributed by atoms with E-state index in [1.54, 1.807) is 0 Å². The van der Waals surface area contributed by atoms with E-state index in [4.69, 9.17) is 8.75 Å². The Hall–Kier alpha value is -1.56. The molecule has 3 aromatic heterocycles. The maximum absolute atomic E-state index is 4.75. The maximum Gasteiger partial charge on any atom is 0.114 e. The van der Waals surface area contributed by atoms with Gasteiger partial charge < -0.3 is 0 Å². The molecule has 35 heavy (non-hydrogen) atoms. The Kier molecular flexibility index (Phi) is 9.93. The molecule has 0 spiro atoms. The molecule has 0 fully saturated rings. The molecule has 0 bridgehead atoms. The van der Waals surface area contributed by atoms with Gasteiger partial charge >= 0.3 is 0 Å². The van der Waals surface area contributed by atoms with Crippen LogP contribution in [0.15, 0.2) is 36.4 Å². The Bertz CT molecular complexity index is 1100. The van der Waals surface area contributed by atoms with Gasteiger partial charge in [-0.3, -0.25) is 0 Å². The first-order valence-electron chi connectivity index (χ1n) is 13.6. The number of hydrogen-bond acceptors (Lipinski definition) is 5. The van der Waals surface area contributed by atoms with Crippen molar-refractivity contribution < 1.29 is 0 Å². The van der Waals surface area contributed by atoms with E-state index in [1.807, 2.05) is 22.7 Å². The summed E-state index contributed by atoms with van der Waals surface area (Å²) in [5, 5.41) is 0. The zero-order chi connectivity index (χ0) is 24.6. The van der Waals surface area contributed by atoms with Gasteiger partial charge in [-0.15, -0.1) is 22.7 Å². The Balaban J connectivity index is 1.54. The lowest BCUT2D eigenvalue weighted by atomic mass is 9.95. The molecule has 0 amide bonds. The fraction of sp³-hybridized carbons (Fsp3) is 0.533. The van der Waals surface area contributed by atoms with Crippen LogP contribution >= 0.6 is 34.4 Å². The summed E-state index contributed by atoms with van der Waals surface area (Å²) in [6.45, 7) is 9.25. The average Bonchev–Trinajstić information content (AvgIpc) is 3.65. The van der Waals surface area contributed by atoms with E-state index in [-0.39, 0.29) is 0 Å². The quantitative estimate of drug-likeness (QED) is 0.164. The fourth-order valence-corrected chi connectivity index (χ4v) is 7.86. The molecule has 0 saturated carbocycles. The van der Waals surface area contributed by atoms with Crippen LogP contribution in [0.3, 0.4) is 0 Å². The van der Waals surface area contributed by atoms with Gasteiger partial charge in [0.15, 0.2) is 0 Å². The summed E-state index contributed by atoms with van der Waals surface area (Å²) < 4.78 is 9.50. The Morgan fingerprint density at radius 3 is 1.49 bits per heavy atom. The van der Waals surface area contributed by atoms with E-state index in [2.05, 4.69) is 64.1 Å². The lowest BCUT2D eigenvalue weighted by molar-refractivity contribution is 0.452. The van der Waals surface area contributed by atoms with Crippen molar-refractivity contribution in [2.75, 3.05) is 0 Å². The van der Waals surface area contributed by atoms with E-state index >= 15 is 0 Å². The van der Waals surface area contributed by atoms with Gasteiger partial charge in [0.25, 0.3) is 0 Å². The van der Waals surface area contributed by atoms with Crippen molar-refractivity contribution in [1.29, 1.82) is 0 Å². The molecule has 4 rings (SSSR count). The van der Waals surface area contributed by atoms with Crippen LogP contribution in [0.5, 0.6) is 0 Å². The van der Waals surface area contributed by atoms with Gasteiger partial charge in [0.1, 0.15) is 11.0 Å². The van der Waals surface area contributed by atoms with Crippen molar-refractivity contribution >= 4 is 45.4 Å². The van der Waals surface area contributed by atoms with E-state index in [9.17, 15) is 0 Å². The van der Waals surface area contributed by atoms with Crippen LogP contribution in [0, 0.1) is 11.8 Å². The Labute approximate surface area is 224 Å². The number of thiophene rings is 2. The van der Waals surface area contributed by atoms with E-state index in [1.165, 1.54) is 107 Å². The van der Waals surface area contributed by atoms with Crippen LogP contribution in [0.25, 0.3) is 31.9 Å². The lowest BCUT2D eigenvalue weighted by Crippen LogP contribution is -2.01. The molecular weight excluding hydrogens is 485 g/mol. The molecule has 2 nitrogen and oxygen atoms in total. The summed E-state index contributed by atoms with van der Waals surface area (Å²) in [6.07, 6.45) is 12.9. The van der Waals surface area contributed by atoms with Crippen molar-refractivity contribution in [2.24, 2.45) is 11.8 Å². The van der Waals surface area contributed by atoms with Crippen LogP contribution in [-0.2, 0) is 12.8 Å². The third kappa shape index (κ3) is 6.61. The van der Waals surface area contributed by atoms with Gasteiger partial charge in [-0.25, -0.2) is 0 Å². The highest BCUT2D eigenvalue weighted by atomic mass is 32.1. The van der Waals surface area contributed by atoms with Crippen LogP contribution in [0.4, 0.5) is 0 Å². The first-order valence-corrected chi connectivity index (χ1v) is 16.0. The number of fused-ring (bicyclic) bond motifs is 1. The van der Waals surface area contributed by atoms with Crippen molar-refractivity contribution in [2.45, 2.75) is 91.9 Å². The molecule has 5 heteroatoms. The third-order valence-electron chi connectivity index (χ3n) is 7.34. The standard InChI is InChI=1S/C30H40N2S3/c1-5-9-11-21(7-3)19-23-13-17-27(33-23)25-15-16-26(30-29(25)31-35-32-30)28-18-14-24(34-28)20-22(8-4)12-10-6-2/h13-18,21-22H,5-12,19-20H2,1-4H3. The molecule has 0 radical (unpaired) electrons. The number of nitrogens with zero attached hydrogens (tertiary/aromatic N) is 2. The number of rotatable bonds is 14. The van der Waals surface area contributed by atoms with Crippen molar-refractivity contribution in [3.63, 3.8) is 0 Å². The average molecular weight is 525 g/mol. The second-order valence-electron chi connectivity index (χ2n) is 9.90. The predicted octanol–water partition coefficient (Wildman–Crippen LogP) is 10.7. The summed E-state index contributed by atoms with van der Waals surface area (Å²) in [5.74, 6) is 1.60. The largest absolute Gasteiger partial charge is 0.172 e. The SMILES string of the molecule is CCCCC(CC)Cc1ccc(-c2ccc(-c3ccc(CC(CC)CCCC)s3)c3nsnc23)s1. The molecule has 188 valence electrons. The van der Waals surface area contributed by atoms with Crippen LogP contribution in [0.1, 0.15) is 88.8 Å². The zero-order valence-electron chi connectivity index (χ0n) is 21.8. The zero-order valence-corrected chi connectivity index (χ0v) is 24.3. The predicted molar refractivity (Wildman–Crippen MR) is 158 cm³/mol. The molecule has 0 aliphatic carbocycles. The molecule has 3 heterocycles. The molecule has 1 aromatic carbocycles. The lowest BCUT2D eigenvalue weighted by Gasteiger charge is -2.12. The minimum Gasteiger partial charge on any atom is -0.172 e. The smallest absolute Gasteiger partial charge is 0.114 e. The normalized spacial score (nSPS) is 13.5. The second-order valence-corrected chi connectivity index (χ2v) is 12.8. The van der Waals surface area contributed by atoms with E-state index < -0.39 is 0 Å². The number of unbranched alkanes of at least 4 members (excludes halogenated alkanes) is 2. The van der Waals surface area contributed by atoms with Gasteiger partial charge in [0.05, 0.1) is 11.7 Å². The van der Waals surface area contributed by atoms with E-state index in [0.29, 0.717) is 0 Å².